The van der Waals surface area contributed by atoms with E-state index in [9.17, 15) is 4.79 Å². The van der Waals surface area contributed by atoms with Crippen molar-refractivity contribution in [1.29, 1.82) is 0 Å². The fourth-order valence-corrected chi connectivity index (χ4v) is 5.39. The Morgan fingerprint density at radius 1 is 0.765 bits per heavy atom. The maximum Gasteiger partial charge on any atom is 0.163 e. The maximum absolute atomic E-state index is 13.7. The summed E-state index contributed by atoms with van der Waals surface area (Å²) in [5.41, 5.74) is 7.63. The second-order valence-corrected chi connectivity index (χ2v) is 9.37. The van der Waals surface area contributed by atoms with Crippen LogP contribution in [-0.2, 0) is 11.2 Å². The number of hydrogen-bond donors (Lipinski definition) is 2. The normalized spacial score (nSPS) is 19.6. The van der Waals surface area contributed by atoms with Crippen LogP contribution in [0.3, 0.4) is 0 Å². The number of carbonyl (C=O) groups is 1. The number of anilines is 2. The minimum absolute atomic E-state index is 0.187. The molecule has 6 rings (SSSR count). The largest absolute Gasteiger partial charge is 0.372 e. The standard InChI is InChI=1S/C31H28N2O/c1-2-20-11-13-22(14-12-20)25-18-28-30(29(34)19-25)31(33-27-10-6-5-9-26(27)32-28)24-16-15-21-7-3-4-8-23(21)17-24/h3-17,25,31-33H,2,18-19H2,1H3. The fourth-order valence-electron chi connectivity index (χ4n) is 5.39. The van der Waals surface area contributed by atoms with Crippen molar-refractivity contribution in [3.05, 3.63) is 119 Å². The van der Waals surface area contributed by atoms with E-state index < -0.39 is 0 Å². The molecular formula is C31H28N2O. The number of aryl methyl sites for hydroxylation is 1. The number of Topliss-reactive ketones (excluding diaryl/α,β-unsaturated/α-hetero) is 1. The minimum atomic E-state index is -0.188. The zero-order valence-corrected chi connectivity index (χ0v) is 19.3. The molecule has 0 bridgehead atoms. The molecule has 3 nitrogen and oxygen atoms in total. The van der Waals surface area contributed by atoms with E-state index in [4.69, 9.17) is 0 Å². The molecule has 0 fully saturated rings. The molecule has 2 unspecified atom stereocenters. The van der Waals surface area contributed by atoms with Crippen LogP contribution in [0.25, 0.3) is 10.8 Å². The van der Waals surface area contributed by atoms with Crippen LogP contribution >= 0.6 is 0 Å². The van der Waals surface area contributed by atoms with Gasteiger partial charge in [0.1, 0.15) is 0 Å². The van der Waals surface area contributed by atoms with E-state index in [0.29, 0.717) is 6.42 Å². The first-order chi connectivity index (χ1) is 16.7. The minimum Gasteiger partial charge on any atom is -0.372 e. The summed E-state index contributed by atoms with van der Waals surface area (Å²) in [7, 11) is 0. The first kappa shape index (κ1) is 20.7. The number of carbonyl (C=O) groups excluding carboxylic acids is 1. The molecule has 0 radical (unpaired) electrons. The molecule has 1 heterocycles. The van der Waals surface area contributed by atoms with Gasteiger partial charge in [-0.25, -0.2) is 0 Å². The zero-order chi connectivity index (χ0) is 23.1. The highest BCUT2D eigenvalue weighted by Crippen LogP contribution is 2.44. The quantitative estimate of drug-likeness (QED) is 0.346. The molecule has 34 heavy (non-hydrogen) atoms. The molecule has 0 aromatic heterocycles. The third-order valence-electron chi connectivity index (χ3n) is 7.28. The summed E-state index contributed by atoms with van der Waals surface area (Å²) in [6, 6.07) is 31.8. The Morgan fingerprint density at radius 2 is 1.47 bits per heavy atom. The van der Waals surface area contributed by atoms with Crippen molar-refractivity contribution in [2.24, 2.45) is 0 Å². The molecule has 2 atom stereocenters. The second kappa shape index (κ2) is 8.49. The summed E-state index contributed by atoms with van der Waals surface area (Å²) in [6.07, 6.45) is 2.39. The van der Waals surface area contributed by atoms with Gasteiger partial charge in [0.05, 0.1) is 17.4 Å². The van der Waals surface area contributed by atoms with Crippen molar-refractivity contribution < 1.29 is 4.79 Å². The molecule has 4 aromatic rings. The number of nitrogens with one attached hydrogen (secondary N) is 2. The molecule has 1 aliphatic heterocycles. The second-order valence-electron chi connectivity index (χ2n) is 9.37. The zero-order valence-electron chi connectivity index (χ0n) is 19.3. The lowest BCUT2D eigenvalue weighted by Crippen LogP contribution is -2.26. The van der Waals surface area contributed by atoms with E-state index in [1.54, 1.807) is 0 Å². The van der Waals surface area contributed by atoms with Crippen LogP contribution in [0.5, 0.6) is 0 Å². The molecule has 0 spiro atoms. The van der Waals surface area contributed by atoms with Gasteiger partial charge in [-0.3, -0.25) is 4.79 Å². The molecular weight excluding hydrogens is 416 g/mol. The molecule has 0 amide bonds. The van der Waals surface area contributed by atoms with Crippen molar-refractivity contribution in [2.45, 2.75) is 38.1 Å². The van der Waals surface area contributed by atoms with Gasteiger partial charge in [0.25, 0.3) is 0 Å². The van der Waals surface area contributed by atoms with E-state index in [0.717, 1.165) is 41.1 Å². The number of benzene rings is 4. The summed E-state index contributed by atoms with van der Waals surface area (Å²) in [5.74, 6) is 0.406. The van der Waals surface area contributed by atoms with Crippen LogP contribution in [0.15, 0.2) is 102 Å². The smallest absolute Gasteiger partial charge is 0.163 e. The highest BCUT2D eigenvalue weighted by molar-refractivity contribution is 6.01. The van der Waals surface area contributed by atoms with Crippen LogP contribution in [0, 0.1) is 0 Å². The van der Waals surface area contributed by atoms with Crippen molar-refractivity contribution >= 4 is 27.9 Å². The molecule has 168 valence electrons. The molecule has 0 saturated heterocycles. The lowest BCUT2D eigenvalue weighted by atomic mass is 9.78. The van der Waals surface area contributed by atoms with Gasteiger partial charge in [-0.05, 0) is 64.4 Å². The summed E-state index contributed by atoms with van der Waals surface area (Å²) < 4.78 is 0. The molecule has 2 aliphatic rings. The van der Waals surface area contributed by atoms with Gasteiger partial charge < -0.3 is 10.6 Å². The highest BCUT2D eigenvalue weighted by atomic mass is 16.1. The molecule has 1 aliphatic carbocycles. The summed E-state index contributed by atoms with van der Waals surface area (Å²) in [5, 5.41) is 9.74. The average molecular weight is 445 g/mol. The van der Waals surface area contributed by atoms with Gasteiger partial charge in [0.15, 0.2) is 5.78 Å². The van der Waals surface area contributed by atoms with Gasteiger partial charge in [-0.15, -0.1) is 0 Å². The molecule has 4 aromatic carbocycles. The predicted octanol–water partition coefficient (Wildman–Crippen LogP) is 7.38. The fraction of sp³-hybridized carbons (Fsp3) is 0.194. The Kier molecular flexibility index (Phi) is 5.18. The third-order valence-corrected chi connectivity index (χ3v) is 7.28. The number of allylic oxidation sites excluding steroid dienone is 1. The van der Waals surface area contributed by atoms with Gasteiger partial charge in [-0.1, -0.05) is 79.7 Å². The van der Waals surface area contributed by atoms with Crippen LogP contribution < -0.4 is 10.6 Å². The Balaban J connectivity index is 1.45. The van der Waals surface area contributed by atoms with E-state index in [2.05, 4.69) is 96.4 Å². The van der Waals surface area contributed by atoms with E-state index in [-0.39, 0.29) is 17.7 Å². The number of rotatable bonds is 3. The van der Waals surface area contributed by atoms with E-state index in [1.165, 1.54) is 21.9 Å². The first-order valence-electron chi connectivity index (χ1n) is 12.2. The molecule has 2 N–H and O–H groups in total. The van der Waals surface area contributed by atoms with Gasteiger partial charge in [-0.2, -0.15) is 0 Å². The van der Waals surface area contributed by atoms with Crippen molar-refractivity contribution in [1.82, 2.24) is 0 Å². The predicted molar refractivity (Wildman–Crippen MR) is 140 cm³/mol. The van der Waals surface area contributed by atoms with Crippen LogP contribution in [-0.4, -0.2) is 5.78 Å². The van der Waals surface area contributed by atoms with E-state index >= 15 is 0 Å². The summed E-state index contributed by atoms with van der Waals surface area (Å²) >= 11 is 0. The van der Waals surface area contributed by atoms with E-state index in [1.807, 2.05) is 12.1 Å². The molecule has 0 saturated carbocycles. The lowest BCUT2D eigenvalue weighted by Gasteiger charge is -2.30. The SMILES string of the molecule is CCc1ccc(C2CC(=O)C3=C(C2)Nc2ccccc2NC3c2ccc3ccccc3c2)cc1. The summed E-state index contributed by atoms with van der Waals surface area (Å²) in [4.78, 5) is 13.7. The van der Waals surface area contributed by atoms with Gasteiger partial charge >= 0.3 is 0 Å². The Morgan fingerprint density at radius 3 is 2.26 bits per heavy atom. The van der Waals surface area contributed by atoms with Crippen LogP contribution in [0.4, 0.5) is 11.4 Å². The van der Waals surface area contributed by atoms with Crippen molar-refractivity contribution in [3.8, 4) is 0 Å². The number of hydrogen-bond acceptors (Lipinski definition) is 3. The maximum atomic E-state index is 13.7. The summed E-state index contributed by atoms with van der Waals surface area (Å²) in [6.45, 7) is 2.17. The monoisotopic (exact) mass is 444 g/mol. The average Bonchev–Trinajstić information content (AvgIpc) is 3.05. The molecule has 3 heteroatoms. The Labute approximate surface area is 200 Å². The van der Waals surface area contributed by atoms with Crippen LogP contribution in [0.2, 0.25) is 0 Å². The third kappa shape index (κ3) is 3.67. The number of fused-ring (bicyclic) bond motifs is 2. The Bertz CT molecular complexity index is 1420. The van der Waals surface area contributed by atoms with Crippen molar-refractivity contribution in [3.63, 3.8) is 0 Å². The van der Waals surface area contributed by atoms with Gasteiger partial charge in [0.2, 0.25) is 0 Å². The number of ketones is 1. The highest BCUT2D eigenvalue weighted by Gasteiger charge is 2.36. The topological polar surface area (TPSA) is 41.1 Å². The Hall–Kier alpha value is -3.85. The van der Waals surface area contributed by atoms with Crippen LogP contribution in [0.1, 0.15) is 48.4 Å². The lowest BCUT2D eigenvalue weighted by molar-refractivity contribution is -0.116. The van der Waals surface area contributed by atoms with Crippen molar-refractivity contribution in [2.75, 3.05) is 10.6 Å². The number of para-hydroxylation sites is 2. The first-order valence-corrected chi connectivity index (χ1v) is 12.2. The van der Waals surface area contributed by atoms with Gasteiger partial charge in [0, 0.05) is 17.7 Å².